The van der Waals surface area contributed by atoms with Gasteiger partial charge in [0.15, 0.2) is 0 Å². The fourth-order valence-corrected chi connectivity index (χ4v) is 2.61. The van der Waals surface area contributed by atoms with Crippen LogP contribution in [-0.4, -0.2) is 16.8 Å². The van der Waals surface area contributed by atoms with Gasteiger partial charge < -0.3 is 10.6 Å². The summed E-state index contributed by atoms with van der Waals surface area (Å²) < 4.78 is 0. The number of nitrogens with one attached hydrogen (secondary N) is 2. The Morgan fingerprint density at radius 2 is 1.44 bits per heavy atom. The predicted molar refractivity (Wildman–Crippen MR) is 108 cm³/mol. The zero-order valence-corrected chi connectivity index (χ0v) is 15.9. The van der Waals surface area contributed by atoms with Crippen molar-refractivity contribution in [3.05, 3.63) is 87.1 Å². The summed E-state index contributed by atoms with van der Waals surface area (Å²) in [5.74, 6) is -0.713. The number of benzene rings is 2. The van der Waals surface area contributed by atoms with Gasteiger partial charge >= 0.3 is 0 Å². The third-order valence-electron chi connectivity index (χ3n) is 3.57. The molecule has 0 saturated carbocycles. The number of rotatable bonds is 4. The Morgan fingerprint density at radius 3 is 2.11 bits per heavy atom. The number of carbonyl (C=O) groups is 2. The lowest BCUT2D eigenvalue weighted by atomic mass is 10.2. The summed E-state index contributed by atoms with van der Waals surface area (Å²) in [5.41, 5.74) is 1.60. The predicted octanol–water partition coefficient (Wildman–Crippen LogP) is 5.55. The molecule has 0 bridgehead atoms. The Hall–Kier alpha value is -2.60. The first-order valence-corrected chi connectivity index (χ1v) is 8.85. The van der Waals surface area contributed by atoms with E-state index < -0.39 is 0 Å². The van der Waals surface area contributed by atoms with Crippen molar-refractivity contribution in [3.63, 3.8) is 0 Å². The molecule has 0 radical (unpaired) electrons. The van der Waals surface area contributed by atoms with Crippen LogP contribution in [0.1, 0.15) is 20.7 Å². The second-order valence-corrected chi connectivity index (χ2v) is 6.71. The largest absolute Gasteiger partial charge is 0.322 e. The standard InChI is InChI=1S/C19H12Cl3N3O2/c20-13-4-1-11(2-5-13)18(26)25-16-9-14(6-7-15(16)21)24-19(27)12-3-8-17(22)23-10-12/h1-10H,(H,24,27)(H,25,26). The van der Waals surface area contributed by atoms with Crippen molar-refractivity contribution in [2.24, 2.45) is 0 Å². The van der Waals surface area contributed by atoms with Gasteiger partial charge in [-0.15, -0.1) is 0 Å². The number of halogens is 3. The maximum absolute atomic E-state index is 12.3. The van der Waals surface area contributed by atoms with Gasteiger partial charge in [0.05, 0.1) is 16.3 Å². The molecule has 1 heterocycles. The molecular formula is C19H12Cl3N3O2. The highest BCUT2D eigenvalue weighted by Gasteiger charge is 2.11. The highest BCUT2D eigenvalue weighted by molar-refractivity contribution is 6.34. The van der Waals surface area contributed by atoms with Gasteiger partial charge in [0, 0.05) is 22.5 Å². The lowest BCUT2D eigenvalue weighted by Gasteiger charge is -2.11. The summed E-state index contributed by atoms with van der Waals surface area (Å²) in [7, 11) is 0. The second kappa shape index (κ2) is 8.39. The van der Waals surface area contributed by atoms with Gasteiger partial charge in [-0.1, -0.05) is 34.8 Å². The van der Waals surface area contributed by atoms with Crippen LogP contribution in [-0.2, 0) is 0 Å². The van der Waals surface area contributed by atoms with E-state index in [0.29, 0.717) is 37.7 Å². The Balaban J connectivity index is 1.75. The molecule has 1 aromatic heterocycles. The fourth-order valence-electron chi connectivity index (χ4n) is 2.21. The van der Waals surface area contributed by atoms with E-state index in [4.69, 9.17) is 34.8 Å². The summed E-state index contributed by atoms with van der Waals surface area (Å²) in [6.07, 6.45) is 1.37. The van der Waals surface area contributed by atoms with Crippen molar-refractivity contribution >= 4 is 58.0 Å². The summed E-state index contributed by atoms with van der Waals surface area (Å²) in [6, 6.07) is 14.3. The van der Waals surface area contributed by atoms with E-state index in [2.05, 4.69) is 15.6 Å². The van der Waals surface area contributed by atoms with E-state index in [1.165, 1.54) is 12.3 Å². The Kier molecular flexibility index (Phi) is 5.96. The van der Waals surface area contributed by atoms with Gasteiger partial charge in [0.25, 0.3) is 11.8 Å². The molecule has 0 spiro atoms. The van der Waals surface area contributed by atoms with Crippen molar-refractivity contribution < 1.29 is 9.59 Å². The maximum atomic E-state index is 12.3. The molecule has 0 aliphatic carbocycles. The Bertz CT molecular complexity index is 990. The lowest BCUT2D eigenvalue weighted by molar-refractivity contribution is 0.101. The highest BCUT2D eigenvalue weighted by Crippen LogP contribution is 2.26. The number of hydrogen-bond donors (Lipinski definition) is 2. The summed E-state index contributed by atoms with van der Waals surface area (Å²) in [5, 5.41) is 6.59. The summed E-state index contributed by atoms with van der Waals surface area (Å²) in [4.78, 5) is 28.5. The Labute approximate surface area is 170 Å². The first kappa shape index (κ1) is 19.2. The van der Waals surface area contributed by atoms with E-state index in [9.17, 15) is 9.59 Å². The monoisotopic (exact) mass is 419 g/mol. The minimum atomic E-state index is -0.364. The molecule has 0 fully saturated rings. The average Bonchev–Trinajstić information content (AvgIpc) is 2.65. The number of aromatic nitrogens is 1. The normalized spacial score (nSPS) is 10.3. The molecule has 8 heteroatoms. The topological polar surface area (TPSA) is 71.1 Å². The van der Waals surface area contributed by atoms with Crippen LogP contribution in [0.3, 0.4) is 0 Å². The van der Waals surface area contributed by atoms with Crippen LogP contribution in [0.2, 0.25) is 15.2 Å². The van der Waals surface area contributed by atoms with Crippen molar-refractivity contribution in [2.75, 3.05) is 10.6 Å². The van der Waals surface area contributed by atoms with Gasteiger partial charge in [0.1, 0.15) is 5.15 Å². The van der Waals surface area contributed by atoms with Crippen molar-refractivity contribution in [1.29, 1.82) is 0 Å². The fraction of sp³-hybridized carbons (Fsp3) is 0. The van der Waals surface area contributed by atoms with E-state index in [-0.39, 0.29) is 11.8 Å². The summed E-state index contributed by atoms with van der Waals surface area (Å²) >= 11 is 17.7. The van der Waals surface area contributed by atoms with E-state index in [0.717, 1.165) is 0 Å². The van der Waals surface area contributed by atoms with Crippen LogP contribution in [0.15, 0.2) is 60.8 Å². The minimum Gasteiger partial charge on any atom is -0.322 e. The van der Waals surface area contributed by atoms with Gasteiger partial charge in [0.2, 0.25) is 0 Å². The minimum absolute atomic E-state index is 0.297. The molecule has 3 aromatic rings. The molecule has 27 heavy (non-hydrogen) atoms. The van der Waals surface area contributed by atoms with Gasteiger partial charge in [-0.05, 0) is 54.6 Å². The molecule has 2 N–H and O–H groups in total. The average molecular weight is 421 g/mol. The smallest absolute Gasteiger partial charge is 0.257 e. The molecule has 5 nitrogen and oxygen atoms in total. The van der Waals surface area contributed by atoms with E-state index in [1.807, 2.05) is 0 Å². The molecule has 0 aliphatic rings. The van der Waals surface area contributed by atoms with Crippen LogP contribution in [0.4, 0.5) is 11.4 Å². The molecule has 0 aliphatic heterocycles. The highest BCUT2D eigenvalue weighted by atomic mass is 35.5. The number of hydrogen-bond acceptors (Lipinski definition) is 3. The zero-order valence-electron chi connectivity index (χ0n) is 13.7. The van der Waals surface area contributed by atoms with Crippen LogP contribution >= 0.6 is 34.8 Å². The first-order valence-electron chi connectivity index (χ1n) is 7.72. The SMILES string of the molecule is O=C(Nc1ccc(Cl)c(NC(=O)c2ccc(Cl)cc2)c1)c1ccc(Cl)nc1. The van der Waals surface area contributed by atoms with E-state index in [1.54, 1.807) is 48.5 Å². The third kappa shape index (κ3) is 4.98. The maximum Gasteiger partial charge on any atom is 0.257 e. The number of pyridine rings is 1. The van der Waals surface area contributed by atoms with Crippen LogP contribution in [0, 0.1) is 0 Å². The number of amides is 2. The molecule has 3 rings (SSSR count). The number of nitrogens with zero attached hydrogens (tertiary/aromatic N) is 1. The van der Waals surface area contributed by atoms with Crippen molar-refractivity contribution in [3.8, 4) is 0 Å². The number of carbonyl (C=O) groups excluding carboxylic acids is 2. The van der Waals surface area contributed by atoms with Crippen molar-refractivity contribution in [2.45, 2.75) is 0 Å². The Morgan fingerprint density at radius 1 is 0.778 bits per heavy atom. The zero-order chi connectivity index (χ0) is 19.4. The molecule has 2 amide bonds. The van der Waals surface area contributed by atoms with Crippen LogP contribution in [0.25, 0.3) is 0 Å². The molecule has 0 unspecified atom stereocenters. The number of anilines is 2. The molecule has 0 atom stereocenters. The summed E-state index contributed by atoms with van der Waals surface area (Å²) in [6.45, 7) is 0. The molecule has 136 valence electrons. The van der Waals surface area contributed by atoms with Gasteiger partial charge in [-0.2, -0.15) is 0 Å². The molecule has 2 aromatic carbocycles. The van der Waals surface area contributed by atoms with Gasteiger partial charge in [-0.25, -0.2) is 4.98 Å². The van der Waals surface area contributed by atoms with Crippen LogP contribution < -0.4 is 10.6 Å². The molecule has 0 saturated heterocycles. The van der Waals surface area contributed by atoms with E-state index >= 15 is 0 Å². The van der Waals surface area contributed by atoms with Crippen molar-refractivity contribution in [1.82, 2.24) is 4.98 Å². The molecular weight excluding hydrogens is 409 g/mol. The lowest BCUT2D eigenvalue weighted by Crippen LogP contribution is -2.14. The van der Waals surface area contributed by atoms with Gasteiger partial charge in [-0.3, -0.25) is 9.59 Å². The second-order valence-electron chi connectivity index (χ2n) is 5.48. The third-order valence-corrected chi connectivity index (χ3v) is 4.37. The van der Waals surface area contributed by atoms with Crippen LogP contribution in [0.5, 0.6) is 0 Å². The quantitative estimate of drug-likeness (QED) is 0.544. The first-order chi connectivity index (χ1) is 12.9.